The van der Waals surface area contributed by atoms with Gasteiger partial charge in [0.1, 0.15) is 0 Å². The minimum Gasteiger partial charge on any atom is -0.148 e. The minimum absolute atomic E-state index is 0.638. The summed E-state index contributed by atoms with van der Waals surface area (Å²) in [4.78, 5) is 1.52. The number of hydrogen-bond donors (Lipinski definition) is 0. The van der Waals surface area contributed by atoms with Crippen molar-refractivity contribution in [3.8, 4) is 0 Å². The first kappa shape index (κ1) is 22.2. The molecule has 5 rings (SSSR count). The first-order valence-corrected chi connectivity index (χ1v) is 14.8. The van der Waals surface area contributed by atoms with Crippen LogP contribution in [0.2, 0.25) is 0 Å². The highest BCUT2D eigenvalue weighted by Gasteiger charge is 2.29. The van der Waals surface area contributed by atoms with Crippen LogP contribution in [0.4, 0.5) is 0 Å². The van der Waals surface area contributed by atoms with Gasteiger partial charge in [-0.05, 0) is 43.5 Å². The third-order valence-electron chi connectivity index (χ3n) is 5.66. The van der Waals surface area contributed by atoms with E-state index in [4.69, 9.17) is 0 Å². The van der Waals surface area contributed by atoms with Crippen LogP contribution in [0.5, 0.6) is 0 Å². The fourth-order valence-corrected chi connectivity index (χ4v) is 11.3. The molecule has 0 aliphatic carbocycles. The normalized spacial score (nSPS) is 11.2. The zero-order valence-corrected chi connectivity index (χ0v) is 21.2. The van der Waals surface area contributed by atoms with Crippen LogP contribution in [-0.4, -0.2) is 0 Å². The molecular weight excluding hydrogens is 454 g/mol. The van der Waals surface area contributed by atoms with Gasteiger partial charge in [-0.15, -0.1) is 11.3 Å². The van der Waals surface area contributed by atoms with Crippen LogP contribution in [0.1, 0.15) is 11.8 Å². The molecule has 0 bridgehead atoms. The summed E-state index contributed by atoms with van der Waals surface area (Å²) in [5, 5.41) is 11.2. The molecule has 4 aromatic carbocycles. The molecule has 0 fully saturated rings. The molecule has 0 saturated heterocycles. The highest BCUT2D eigenvalue weighted by Crippen LogP contribution is 2.41. The number of hydrogen-bond acceptors (Lipinski definition) is 1. The van der Waals surface area contributed by atoms with Crippen LogP contribution in [0.25, 0.3) is 0 Å². The Bertz CT molecular complexity index is 1200. The standard InChI is InChI=1S/C30H26P2S/c1-2-29-30(32(26-19-11-5-12-20-26)27-21-13-6-14-22-27)28(23-33-29)31(24-15-7-3-8-16-24)25-17-9-4-10-18-25/h3-23H,2H2,1H3. The summed E-state index contributed by atoms with van der Waals surface area (Å²) in [5.74, 6) is 0. The molecule has 5 aromatic rings. The highest BCUT2D eigenvalue weighted by atomic mass is 32.1. The molecule has 0 unspecified atom stereocenters. The maximum atomic E-state index is 2.46. The lowest BCUT2D eigenvalue weighted by Crippen LogP contribution is -2.34. The van der Waals surface area contributed by atoms with Crippen molar-refractivity contribution < 1.29 is 0 Å². The molecule has 0 aliphatic heterocycles. The van der Waals surface area contributed by atoms with E-state index >= 15 is 0 Å². The van der Waals surface area contributed by atoms with E-state index in [0.717, 1.165) is 6.42 Å². The van der Waals surface area contributed by atoms with Crippen LogP contribution >= 0.6 is 27.2 Å². The summed E-state index contributed by atoms with van der Waals surface area (Å²) < 4.78 is 0. The Morgan fingerprint density at radius 1 is 0.515 bits per heavy atom. The molecular formula is C30H26P2S. The van der Waals surface area contributed by atoms with Gasteiger partial charge in [-0.25, -0.2) is 0 Å². The molecule has 3 heteroatoms. The summed E-state index contributed by atoms with van der Waals surface area (Å²) in [6, 6.07) is 44.4. The van der Waals surface area contributed by atoms with Crippen molar-refractivity contribution in [1.82, 2.24) is 0 Å². The molecule has 0 aliphatic rings. The fraction of sp³-hybridized carbons (Fsp3) is 0.0667. The van der Waals surface area contributed by atoms with E-state index in [2.05, 4.69) is 134 Å². The predicted octanol–water partition coefficient (Wildman–Crippen LogP) is 5.83. The molecule has 0 N–H and O–H groups in total. The third-order valence-corrected chi connectivity index (χ3v) is 12.3. The zero-order valence-electron chi connectivity index (χ0n) is 18.6. The SMILES string of the molecule is CCc1scc(P(c2ccccc2)c2ccccc2)c1P(c1ccccc1)c1ccccc1. The quantitative estimate of drug-likeness (QED) is 0.257. The third kappa shape index (κ3) is 4.73. The molecule has 1 aromatic heterocycles. The Morgan fingerprint density at radius 2 is 0.879 bits per heavy atom. The van der Waals surface area contributed by atoms with Crippen LogP contribution in [0.15, 0.2) is 127 Å². The topological polar surface area (TPSA) is 0 Å². The van der Waals surface area contributed by atoms with Gasteiger partial charge in [-0.3, -0.25) is 0 Å². The Kier molecular flexibility index (Phi) is 7.13. The number of aryl methyl sites for hydroxylation is 1. The van der Waals surface area contributed by atoms with Crippen molar-refractivity contribution in [2.75, 3.05) is 0 Å². The van der Waals surface area contributed by atoms with Crippen LogP contribution in [0.3, 0.4) is 0 Å². The van der Waals surface area contributed by atoms with E-state index in [0.29, 0.717) is 0 Å². The van der Waals surface area contributed by atoms with Crippen LogP contribution in [0, 0.1) is 0 Å². The molecule has 0 saturated carbocycles. The Balaban J connectivity index is 1.77. The molecule has 0 radical (unpaired) electrons. The lowest BCUT2D eigenvalue weighted by atomic mass is 10.4. The minimum atomic E-state index is -0.643. The second-order valence-electron chi connectivity index (χ2n) is 7.76. The van der Waals surface area contributed by atoms with Gasteiger partial charge in [-0.1, -0.05) is 128 Å². The molecule has 0 amide bonds. The van der Waals surface area contributed by atoms with E-state index in [-0.39, 0.29) is 0 Å². The predicted molar refractivity (Wildman–Crippen MR) is 151 cm³/mol. The van der Waals surface area contributed by atoms with E-state index in [9.17, 15) is 0 Å². The number of benzene rings is 4. The van der Waals surface area contributed by atoms with E-state index in [1.807, 2.05) is 11.3 Å². The molecule has 0 spiro atoms. The summed E-state index contributed by atoms with van der Waals surface area (Å²) in [6.07, 6.45) is 1.06. The van der Waals surface area contributed by atoms with Crippen LogP contribution < -0.4 is 31.8 Å². The smallest absolute Gasteiger partial charge is 0.0133 e. The van der Waals surface area contributed by atoms with Gasteiger partial charge >= 0.3 is 0 Å². The summed E-state index contributed by atoms with van der Waals surface area (Å²) in [5.41, 5.74) is 0. The second-order valence-corrected chi connectivity index (χ2v) is 13.1. The van der Waals surface area contributed by atoms with Crippen molar-refractivity contribution in [1.29, 1.82) is 0 Å². The first-order valence-electron chi connectivity index (χ1n) is 11.3. The Hall–Kier alpha value is -2.56. The van der Waals surface area contributed by atoms with Crippen molar-refractivity contribution in [2.45, 2.75) is 13.3 Å². The second kappa shape index (κ2) is 10.6. The van der Waals surface area contributed by atoms with Crippen LogP contribution in [-0.2, 0) is 6.42 Å². The van der Waals surface area contributed by atoms with Crippen molar-refractivity contribution in [3.63, 3.8) is 0 Å². The molecule has 0 atom stereocenters. The maximum Gasteiger partial charge on any atom is 0.0133 e. The van der Waals surface area contributed by atoms with Gasteiger partial charge in [-0.2, -0.15) is 0 Å². The lowest BCUT2D eigenvalue weighted by molar-refractivity contribution is 1.20. The van der Waals surface area contributed by atoms with Crippen molar-refractivity contribution in [2.24, 2.45) is 0 Å². The fourth-order valence-electron chi connectivity index (χ4n) is 4.17. The zero-order chi connectivity index (χ0) is 22.5. The molecule has 1 heterocycles. The van der Waals surface area contributed by atoms with Gasteiger partial charge in [0.15, 0.2) is 0 Å². The monoisotopic (exact) mass is 480 g/mol. The van der Waals surface area contributed by atoms with E-state index in [1.54, 1.807) is 5.30 Å². The van der Waals surface area contributed by atoms with Crippen molar-refractivity contribution >= 4 is 59.0 Å². The summed E-state index contributed by atoms with van der Waals surface area (Å²) >= 11 is 1.94. The maximum absolute atomic E-state index is 2.46. The molecule has 33 heavy (non-hydrogen) atoms. The van der Waals surface area contributed by atoms with Gasteiger partial charge in [0, 0.05) is 20.9 Å². The van der Waals surface area contributed by atoms with Crippen molar-refractivity contribution in [3.05, 3.63) is 132 Å². The van der Waals surface area contributed by atoms with E-state index < -0.39 is 15.8 Å². The highest BCUT2D eigenvalue weighted by molar-refractivity contribution is 7.86. The Morgan fingerprint density at radius 3 is 1.24 bits per heavy atom. The van der Waals surface area contributed by atoms with Gasteiger partial charge in [0.25, 0.3) is 0 Å². The first-order chi connectivity index (χ1) is 16.4. The molecule has 0 nitrogen and oxygen atoms in total. The van der Waals surface area contributed by atoms with E-state index in [1.165, 1.54) is 31.4 Å². The number of rotatable bonds is 7. The van der Waals surface area contributed by atoms with Gasteiger partial charge in [0.05, 0.1) is 0 Å². The summed E-state index contributed by atoms with van der Waals surface area (Å²) in [7, 11) is -1.28. The van der Waals surface area contributed by atoms with Gasteiger partial charge < -0.3 is 0 Å². The lowest BCUT2D eigenvalue weighted by Gasteiger charge is -2.26. The summed E-state index contributed by atoms with van der Waals surface area (Å²) in [6.45, 7) is 2.30. The average molecular weight is 481 g/mol. The Labute approximate surface area is 203 Å². The molecule has 162 valence electrons. The van der Waals surface area contributed by atoms with Gasteiger partial charge in [0.2, 0.25) is 0 Å². The number of thiophene rings is 1. The largest absolute Gasteiger partial charge is 0.148 e. The average Bonchev–Trinajstić information content (AvgIpc) is 3.30.